The molecule has 1 fully saturated rings. The van der Waals surface area contributed by atoms with Gasteiger partial charge in [-0.2, -0.15) is 0 Å². The summed E-state index contributed by atoms with van der Waals surface area (Å²) in [6, 6.07) is 0.290. The highest BCUT2D eigenvalue weighted by molar-refractivity contribution is 5.97. The third-order valence-electron chi connectivity index (χ3n) is 4.33. The highest BCUT2D eigenvalue weighted by atomic mass is 16.2. The van der Waals surface area contributed by atoms with Gasteiger partial charge in [0.15, 0.2) is 5.69 Å². The fourth-order valence-electron chi connectivity index (χ4n) is 2.94. The van der Waals surface area contributed by atoms with Crippen molar-refractivity contribution in [1.82, 2.24) is 14.9 Å². The Hall–Kier alpha value is -1.65. The quantitative estimate of drug-likeness (QED) is 0.929. The summed E-state index contributed by atoms with van der Waals surface area (Å²) in [7, 11) is 1.86. The zero-order valence-electron chi connectivity index (χ0n) is 13.5. The Kier molecular flexibility index (Phi) is 4.80. The second-order valence-corrected chi connectivity index (χ2v) is 6.53. The first-order valence-electron chi connectivity index (χ1n) is 7.79. The molecule has 0 saturated heterocycles. The first-order valence-corrected chi connectivity index (χ1v) is 7.79. The molecule has 0 bridgehead atoms. The van der Waals surface area contributed by atoms with Gasteiger partial charge < -0.3 is 10.6 Å². The first-order chi connectivity index (χ1) is 9.90. The summed E-state index contributed by atoms with van der Waals surface area (Å²) in [5.74, 6) is 1.43. The van der Waals surface area contributed by atoms with E-state index in [0.29, 0.717) is 23.1 Å². The van der Waals surface area contributed by atoms with Gasteiger partial charge in [-0.15, -0.1) is 0 Å². The lowest BCUT2D eigenvalue weighted by Crippen LogP contribution is -2.40. The first kappa shape index (κ1) is 15.7. The van der Waals surface area contributed by atoms with Gasteiger partial charge in [-0.3, -0.25) is 4.79 Å². The second-order valence-electron chi connectivity index (χ2n) is 6.53. The molecule has 1 heterocycles. The number of carbonyl (C=O) groups excluding carboxylic acids is 1. The average molecular weight is 290 g/mol. The summed E-state index contributed by atoms with van der Waals surface area (Å²) < 4.78 is 0. The number of nitrogens with zero attached hydrogens (tertiary/aromatic N) is 3. The molecule has 21 heavy (non-hydrogen) atoms. The van der Waals surface area contributed by atoms with Crippen LogP contribution < -0.4 is 5.73 Å². The number of nitrogen functional groups attached to an aromatic ring is 1. The van der Waals surface area contributed by atoms with E-state index in [9.17, 15) is 4.79 Å². The molecule has 1 aliphatic carbocycles. The van der Waals surface area contributed by atoms with E-state index in [1.165, 1.54) is 12.8 Å². The molecular weight excluding hydrogens is 264 g/mol. The zero-order chi connectivity index (χ0) is 15.6. The van der Waals surface area contributed by atoms with E-state index < -0.39 is 0 Å². The average Bonchev–Trinajstić information content (AvgIpc) is 2.46. The van der Waals surface area contributed by atoms with Crippen molar-refractivity contribution in [2.24, 2.45) is 5.92 Å². The van der Waals surface area contributed by atoms with Gasteiger partial charge in [-0.1, -0.05) is 33.6 Å². The number of anilines is 1. The minimum Gasteiger partial charge on any atom is -0.396 e. The van der Waals surface area contributed by atoms with Crippen molar-refractivity contribution in [2.75, 3.05) is 12.8 Å². The largest absolute Gasteiger partial charge is 0.396 e. The van der Waals surface area contributed by atoms with Crippen LogP contribution in [0.2, 0.25) is 0 Å². The molecule has 5 heteroatoms. The maximum atomic E-state index is 12.7. The Morgan fingerprint density at radius 3 is 2.76 bits per heavy atom. The minimum atomic E-state index is -0.0871. The lowest BCUT2D eigenvalue weighted by molar-refractivity contribution is 0.0667. The summed E-state index contributed by atoms with van der Waals surface area (Å²) in [4.78, 5) is 23.1. The predicted molar refractivity (Wildman–Crippen MR) is 84.0 cm³/mol. The number of carbonyl (C=O) groups is 1. The molecule has 5 nitrogen and oxygen atoms in total. The van der Waals surface area contributed by atoms with Gasteiger partial charge in [-0.25, -0.2) is 9.97 Å². The van der Waals surface area contributed by atoms with Crippen molar-refractivity contribution in [1.29, 1.82) is 0 Å². The molecule has 2 unspecified atom stereocenters. The third kappa shape index (κ3) is 3.52. The molecule has 1 saturated carbocycles. The van der Waals surface area contributed by atoms with Gasteiger partial charge >= 0.3 is 0 Å². The van der Waals surface area contributed by atoms with Gasteiger partial charge in [0.1, 0.15) is 5.82 Å². The monoisotopic (exact) mass is 290 g/mol. The van der Waals surface area contributed by atoms with Crippen LogP contribution in [0.3, 0.4) is 0 Å². The van der Waals surface area contributed by atoms with E-state index in [2.05, 4.69) is 16.9 Å². The standard InChI is InChI=1S/C16H26N4O/c1-10(2)15-18-9-13(17)14(19-15)16(21)20(4)12-7-5-6-11(3)8-12/h9-12H,5-8,17H2,1-4H3. The highest BCUT2D eigenvalue weighted by Gasteiger charge is 2.28. The normalized spacial score (nSPS) is 22.3. The van der Waals surface area contributed by atoms with E-state index in [1.54, 1.807) is 6.20 Å². The second kappa shape index (κ2) is 6.41. The maximum absolute atomic E-state index is 12.7. The topological polar surface area (TPSA) is 72.1 Å². The number of nitrogens with two attached hydrogens (primary N) is 1. The molecule has 2 atom stereocenters. The van der Waals surface area contributed by atoms with E-state index in [0.717, 1.165) is 12.8 Å². The van der Waals surface area contributed by atoms with Gasteiger partial charge in [-0.05, 0) is 18.8 Å². The molecule has 1 aromatic heterocycles. The van der Waals surface area contributed by atoms with Gasteiger partial charge in [0, 0.05) is 19.0 Å². The zero-order valence-corrected chi connectivity index (χ0v) is 13.5. The lowest BCUT2D eigenvalue weighted by Gasteiger charge is -2.34. The van der Waals surface area contributed by atoms with Crippen LogP contribution in [0.4, 0.5) is 5.69 Å². The van der Waals surface area contributed by atoms with E-state index in [-0.39, 0.29) is 17.9 Å². The van der Waals surface area contributed by atoms with Crippen LogP contribution in [0.15, 0.2) is 6.20 Å². The van der Waals surface area contributed by atoms with Gasteiger partial charge in [0.25, 0.3) is 5.91 Å². The summed E-state index contributed by atoms with van der Waals surface area (Å²) in [5, 5.41) is 0. The van der Waals surface area contributed by atoms with Crippen molar-refractivity contribution in [2.45, 2.75) is 58.4 Å². The van der Waals surface area contributed by atoms with Crippen molar-refractivity contribution >= 4 is 11.6 Å². The minimum absolute atomic E-state index is 0.0871. The fraction of sp³-hybridized carbons (Fsp3) is 0.688. The Labute approximate surface area is 127 Å². The molecule has 1 aromatic rings. The molecular formula is C16H26N4O. The fourth-order valence-corrected chi connectivity index (χ4v) is 2.94. The maximum Gasteiger partial charge on any atom is 0.274 e. The molecule has 0 aliphatic heterocycles. The molecule has 0 aromatic carbocycles. The van der Waals surface area contributed by atoms with Crippen LogP contribution in [0.5, 0.6) is 0 Å². The van der Waals surface area contributed by atoms with Crippen LogP contribution >= 0.6 is 0 Å². The van der Waals surface area contributed by atoms with Crippen LogP contribution in [0, 0.1) is 5.92 Å². The van der Waals surface area contributed by atoms with Crippen LogP contribution in [-0.2, 0) is 0 Å². The van der Waals surface area contributed by atoms with Crippen molar-refractivity contribution < 1.29 is 4.79 Å². The number of hydrogen-bond donors (Lipinski definition) is 1. The Morgan fingerprint density at radius 1 is 1.43 bits per heavy atom. The molecule has 2 N–H and O–H groups in total. The Morgan fingerprint density at radius 2 is 2.14 bits per heavy atom. The molecule has 1 amide bonds. The molecule has 1 aliphatic rings. The SMILES string of the molecule is CC1CCCC(N(C)C(=O)c2nc(C(C)C)ncc2N)C1. The van der Waals surface area contributed by atoms with E-state index in [4.69, 9.17) is 5.73 Å². The van der Waals surface area contributed by atoms with Crippen LogP contribution in [0.25, 0.3) is 0 Å². The Balaban J connectivity index is 2.20. The number of amides is 1. The summed E-state index contributed by atoms with van der Waals surface area (Å²) in [5.41, 5.74) is 6.62. The van der Waals surface area contributed by atoms with Crippen LogP contribution in [-0.4, -0.2) is 33.9 Å². The molecule has 116 valence electrons. The summed E-state index contributed by atoms with van der Waals surface area (Å²) in [6.07, 6.45) is 6.11. The third-order valence-corrected chi connectivity index (χ3v) is 4.33. The molecule has 2 rings (SSSR count). The predicted octanol–water partition coefficient (Wildman–Crippen LogP) is 2.83. The van der Waals surface area contributed by atoms with Crippen molar-refractivity contribution in [3.05, 3.63) is 17.7 Å². The molecule has 0 radical (unpaired) electrons. The van der Waals surface area contributed by atoms with Gasteiger partial charge in [0.05, 0.1) is 11.9 Å². The summed E-state index contributed by atoms with van der Waals surface area (Å²) >= 11 is 0. The van der Waals surface area contributed by atoms with E-state index >= 15 is 0 Å². The van der Waals surface area contributed by atoms with Crippen molar-refractivity contribution in [3.8, 4) is 0 Å². The van der Waals surface area contributed by atoms with Crippen LogP contribution in [0.1, 0.15) is 68.7 Å². The van der Waals surface area contributed by atoms with Gasteiger partial charge in [0.2, 0.25) is 0 Å². The smallest absolute Gasteiger partial charge is 0.274 e. The number of aromatic nitrogens is 2. The Bertz CT molecular complexity index is 515. The lowest BCUT2D eigenvalue weighted by atomic mass is 9.86. The summed E-state index contributed by atoms with van der Waals surface area (Å²) in [6.45, 7) is 6.26. The van der Waals surface area contributed by atoms with E-state index in [1.807, 2.05) is 25.8 Å². The highest BCUT2D eigenvalue weighted by Crippen LogP contribution is 2.28. The molecule has 0 spiro atoms. The number of rotatable bonds is 3. The number of hydrogen-bond acceptors (Lipinski definition) is 4. The van der Waals surface area contributed by atoms with Crippen molar-refractivity contribution in [3.63, 3.8) is 0 Å².